The summed E-state index contributed by atoms with van der Waals surface area (Å²) >= 11 is 0. The number of nitrogens with zero attached hydrogens (tertiary/aromatic N) is 3. The third kappa shape index (κ3) is 9.54. The number of benzene rings is 2. The van der Waals surface area contributed by atoms with Crippen LogP contribution in [0.25, 0.3) is 11.1 Å². The predicted molar refractivity (Wildman–Crippen MR) is 235 cm³/mol. The minimum atomic E-state index is -4.72. The van der Waals surface area contributed by atoms with Gasteiger partial charge in [-0.15, -0.1) is 5.06 Å². The van der Waals surface area contributed by atoms with E-state index in [-0.39, 0.29) is 35.1 Å². The molecule has 6 rings (SSSR count). The van der Waals surface area contributed by atoms with Gasteiger partial charge in [0, 0.05) is 91.9 Å². The standard InChI is InChI=1S/C48H59N3O9S/c1-10-50-39-30-40-36(29-35(39)32(2)31-47(50,6)7)33(27-42(59-40)46(3,4)5)17-13-11-14-18-41-48(8,24-26-58-9)37-28-34(61(55,56)57)20-21-38(37)49(41)25-16-12-15-19-45(54)60-51-43(52)22-23-44(51)53/h11,13-14,17-18,20-21,27-31H,10,12,15-16,19,22-26H2,1-9H3. The van der Waals surface area contributed by atoms with Crippen LogP contribution < -0.4 is 9.64 Å². The number of rotatable bonds is 15. The average molecular weight is 854 g/mol. The summed E-state index contributed by atoms with van der Waals surface area (Å²) in [6.07, 6.45) is 16.9. The third-order valence-corrected chi connectivity index (χ3v) is 12.8. The van der Waals surface area contributed by atoms with Gasteiger partial charge in [0.25, 0.3) is 11.8 Å². The lowest BCUT2D eigenvalue weighted by Gasteiger charge is -2.43. The number of imide groups is 1. The third-order valence-electron chi connectivity index (χ3n) is 12.0. The molecule has 1 fully saturated rings. The number of fused-ring (bicyclic) bond motifs is 3. The lowest BCUT2D eigenvalue weighted by atomic mass is 9.76. The van der Waals surface area contributed by atoms with Crippen LogP contribution in [0, 0.1) is 5.41 Å². The highest BCUT2D eigenvalue weighted by atomic mass is 32.2. The molecule has 0 radical (unpaired) electrons. The second-order valence-corrected chi connectivity index (χ2v) is 19.3. The summed E-state index contributed by atoms with van der Waals surface area (Å²) in [7, 11) is -3.10. The second kappa shape index (κ2) is 17.7. The van der Waals surface area contributed by atoms with Gasteiger partial charge in [0.1, 0.15) is 28.2 Å². The van der Waals surface area contributed by atoms with Crippen molar-refractivity contribution < 1.29 is 46.2 Å². The Hall–Kier alpha value is -5.11. The van der Waals surface area contributed by atoms with Crippen molar-refractivity contribution in [2.75, 3.05) is 31.7 Å². The fraction of sp³-hybridized carbons (Fsp3) is 0.458. The van der Waals surface area contributed by atoms with Crippen LogP contribution in [0.15, 0.2) is 83.5 Å². The molecular formula is C48H59N3O9S. The number of methoxy groups -OCH3 is 1. The molecule has 12 nitrogen and oxygen atoms in total. The monoisotopic (exact) mass is 853 g/mol. The van der Waals surface area contributed by atoms with E-state index < -0.39 is 33.3 Å². The Morgan fingerprint density at radius 3 is 2.38 bits per heavy atom. The zero-order valence-corrected chi connectivity index (χ0v) is 37.7. The highest BCUT2D eigenvalue weighted by Crippen LogP contribution is 2.48. The molecule has 13 heteroatoms. The summed E-state index contributed by atoms with van der Waals surface area (Å²) in [5.74, 6) is 0.0212. The molecule has 4 heterocycles. The summed E-state index contributed by atoms with van der Waals surface area (Å²) in [6, 6.07) is 8.93. The van der Waals surface area contributed by atoms with E-state index in [1.54, 1.807) is 13.2 Å². The number of carbonyl (C=O) groups is 3. The number of unbranched alkanes of at least 4 members (excludes halogenated alkanes) is 2. The summed E-state index contributed by atoms with van der Waals surface area (Å²) in [5, 5.41) is 0.562. The maximum atomic E-state index is 12.4. The first-order chi connectivity index (χ1) is 28.7. The highest BCUT2D eigenvalue weighted by Gasteiger charge is 2.47. The molecule has 2 amide bonds. The van der Waals surface area contributed by atoms with Crippen LogP contribution in [0.2, 0.25) is 0 Å². The normalized spacial score (nSPS) is 20.7. The van der Waals surface area contributed by atoms with E-state index in [1.165, 1.54) is 23.3 Å². The van der Waals surface area contributed by atoms with Crippen molar-refractivity contribution in [3.05, 3.63) is 95.3 Å². The average Bonchev–Trinajstić information content (AvgIpc) is 3.62. The Balaban J connectivity index is 1.30. The number of allylic oxidation sites excluding steroid dienone is 9. The second-order valence-electron chi connectivity index (χ2n) is 17.9. The van der Waals surface area contributed by atoms with Crippen molar-refractivity contribution in [1.29, 1.82) is 0 Å². The topological polar surface area (TPSA) is 146 Å². The van der Waals surface area contributed by atoms with Crippen molar-refractivity contribution in [3.8, 4) is 5.75 Å². The Kier molecular flexibility index (Phi) is 13.2. The number of carbonyl (C=O) groups excluding carboxylic acids is 3. The van der Waals surface area contributed by atoms with Gasteiger partial charge in [-0.25, -0.2) is 13.2 Å². The zero-order valence-electron chi connectivity index (χ0n) is 36.9. The fourth-order valence-electron chi connectivity index (χ4n) is 8.76. The van der Waals surface area contributed by atoms with Crippen LogP contribution in [-0.4, -0.2) is 78.4 Å². The number of anilines is 1. The van der Waals surface area contributed by atoms with Gasteiger partial charge in [0.05, 0.1) is 15.8 Å². The van der Waals surface area contributed by atoms with Crippen molar-refractivity contribution in [2.24, 2.45) is 5.41 Å². The molecule has 1 saturated heterocycles. The Labute approximate surface area is 360 Å². The first-order valence-corrected chi connectivity index (χ1v) is 22.5. The van der Waals surface area contributed by atoms with Crippen LogP contribution in [0.3, 0.4) is 0 Å². The first-order valence-electron chi connectivity index (χ1n) is 21.1. The van der Waals surface area contributed by atoms with Crippen LogP contribution in [0.4, 0.5) is 11.4 Å². The summed E-state index contributed by atoms with van der Waals surface area (Å²) in [6.45, 7) is 19.0. The summed E-state index contributed by atoms with van der Waals surface area (Å²) in [4.78, 5) is 43.3. The minimum Gasteiger partial charge on any atom is -0.744 e. The maximum absolute atomic E-state index is 12.4. The number of hydrogen-bond acceptors (Lipinski definition) is 10. The molecule has 4 aliphatic heterocycles. The first kappa shape index (κ1) is 45.4. The molecular weight excluding hydrogens is 795 g/mol. The molecule has 0 aromatic heterocycles. The number of likely N-dealkylation sites (N-methyl/N-ethyl adjacent to an activating group) is 1. The van der Waals surface area contributed by atoms with E-state index in [9.17, 15) is 27.4 Å². The van der Waals surface area contributed by atoms with E-state index in [0.717, 1.165) is 46.3 Å². The van der Waals surface area contributed by atoms with Crippen molar-refractivity contribution in [3.63, 3.8) is 0 Å². The molecule has 2 aromatic rings. The van der Waals surface area contributed by atoms with E-state index in [0.29, 0.717) is 49.5 Å². The Bertz CT molecular complexity index is 2400. The van der Waals surface area contributed by atoms with E-state index in [1.807, 2.05) is 31.2 Å². The number of hydrogen-bond donors (Lipinski definition) is 0. The smallest absolute Gasteiger partial charge is 0.333 e. The van der Waals surface area contributed by atoms with E-state index >= 15 is 0 Å². The SMILES string of the molecule is CCN1c2cc3c(cc2C(C)=CC1(C)C)C(=CC=CC=CC1=[N+](CCCCCC(=O)ON2C(=O)CCC2=O)c2ccc(S(=O)(=O)[O-])cc2C1(C)CCOC)C=C(C(C)(C)C)O3. The molecule has 0 saturated carbocycles. The summed E-state index contributed by atoms with van der Waals surface area (Å²) in [5.41, 5.74) is 6.95. The lowest BCUT2D eigenvalue weighted by Crippen LogP contribution is -2.45. The lowest BCUT2D eigenvalue weighted by molar-refractivity contribution is -0.438. The fourth-order valence-corrected chi connectivity index (χ4v) is 9.25. The molecule has 2 aromatic carbocycles. The molecule has 0 bridgehead atoms. The van der Waals surface area contributed by atoms with Crippen molar-refractivity contribution in [2.45, 2.75) is 116 Å². The summed E-state index contributed by atoms with van der Waals surface area (Å²) < 4.78 is 50.9. The van der Waals surface area contributed by atoms with E-state index in [2.05, 4.69) is 88.3 Å². The van der Waals surface area contributed by atoms with Gasteiger partial charge in [0.15, 0.2) is 5.71 Å². The van der Waals surface area contributed by atoms with Gasteiger partial charge in [-0.2, -0.15) is 4.58 Å². The van der Waals surface area contributed by atoms with E-state index in [4.69, 9.17) is 14.3 Å². The van der Waals surface area contributed by atoms with Crippen molar-refractivity contribution in [1.82, 2.24) is 5.06 Å². The molecule has 61 heavy (non-hydrogen) atoms. The van der Waals surface area contributed by atoms with Crippen LogP contribution >= 0.6 is 0 Å². The molecule has 0 N–H and O–H groups in total. The molecule has 0 spiro atoms. The zero-order chi connectivity index (χ0) is 44.5. The van der Waals surface area contributed by atoms with Crippen LogP contribution in [0.1, 0.15) is 117 Å². The molecule has 0 aliphatic carbocycles. The van der Waals surface area contributed by atoms with Crippen LogP contribution in [-0.2, 0) is 39.5 Å². The largest absolute Gasteiger partial charge is 0.744 e. The van der Waals surface area contributed by atoms with Gasteiger partial charge in [-0.3, -0.25) is 9.59 Å². The van der Waals surface area contributed by atoms with Gasteiger partial charge in [-0.05, 0) is 89.3 Å². The highest BCUT2D eigenvalue weighted by molar-refractivity contribution is 7.85. The Morgan fingerprint density at radius 2 is 1.72 bits per heavy atom. The van der Waals surface area contributed by atoms with Gasteiger partial charge >= 0.3 is 5.97 Å². The van der Waals surface area contributed by atoms with Gasteiger partial charge in [-0.1, -0.05) is 51.2 Å². The number of amides is 2. The molecule has 4 aliphatic rings. The Morgan fingerprint density at radius 1 is 1.00 bits per heavy atom. The maximum Gasteiger partial charge on any atom is 0.333 e. The van der Waals surface area contributed by atoms with Crippen LogP contribution in [0.5, 0.6) is 5.75 Å². The molecule has 1 atom stereocenters. The predicted octanol–water partition coefficient (Wildman–Crippen LogP) is 8.69. The minimum absolute atomic E-state index is 0.0334. The molecule has 326 valence electrons. The molecule has 1 unspecified atom stereocenters. The van der Waals surface area contributed by atoms with Crippen molar-refractivity contribution >= 4 is 56.1 Å². The number of ether oxygens (including phenoxy) is 2. The quantitative estimate of drug-likeness (QED) is 0.0561. The van der Waals surface area contributed by atoms with Gasteiger partial charge in [0.2, 0.25) is 5.69 Å². The van der Waals surface area contributed by atoms with Gasteiger partial charge < -0.3 is 23.8 Å². The number of hydroxylamine groups is 2.